The molecule has 0 bridgehead atoms. The number of hydrogen-bond acceptors (Lipinski definition) is 3. The zero-order valence-corrected chi connectivity index (χ0v) is 11.1. The Hall–Kier alpha value is -1.79. The Morgan fingerprint density at radius 2 is 2.05 bits per heavy atom. The highest BCUT2D eigenvalue weighted by molar-refractivity contribution is 5.87. The number of unbranched alkanes of at least 4 members (excludes halogenated alkanes) is 1. The van der Waals surface area contributed by atoms with E-state index in [1.807, 2.05) is 6.92 Å². The van der Waals surface area contributed by atoms with Crippen LogP contribution in [-0.4, -0.2) is 46.5 Å². The van der Waals surface area contributed by atoms with Gasteiger partial charge in [0.15, 0.2) is 0 Å². The first kappa shape index (κ1) is 15.3. The van der Waals surface area contributed by atoms with E-state index in [4.69, 9.17) is 10.8 Å². The quantitative estimate of drug-likeness (QED) is 0.588. The molecule has 0 aromatic rings. The normalized spacial score (nSPS) is 15.6. The van der Waals surface area contributed by atoms with Gasteiger partial charge in [-0.25, -0.2) is 9.59 Å². The van der Waals surface area contributed by atoms with Gasteiger partial charge in [-0.1, -0.05) is 13.3 Å². The molecule has 3 amide bonds. The first-order valence-electron chi connectivity index (χ1n) is 6.54. The number of nitrogens with one attached hydrogen (secondary N) is 1. The molecule has 1 unspecified atom stereocenters. The summed E-state index contributed by atoms with van der Waals surface area (Å²) in [4.78, 5) is 35.4. The van der Waals surface area contributed by atoms with E-state index in [-0.39, 0.29) is 6.04 Å². The number of amides is 3. The molecule has 0 radical (unpaired) electrons. The Morgan fingerprint density at radius 1 is 1.42 bits per heavy atom. The molecule has 0 spiro atoms. The van der Waals surface area contributed by atoms with Crippen molar-refractivity contribution in [3.8, 4) is 0 Å². The molecule has 1 aliphatic rings. The summed E-state index contributed by atoms with van der Waals surface area (Å²) in [5.74, 6) is -2.00. The van der Waals surface area contributed by atoms with Gasteiger partial charge >= 0.3 is 12.0 Å². The maximum absolute atomic E-state index is 12.0. The summed E-state index contributed by atoms with van der Waals surface area (Å²) >= 11 is 0. The zero-order valence-electron chi connectivity index (χ0n) is 11.1. The van der Waals surface area contributed by atoms with Gasteiger partial charge in [-0.2, -0.15) is 0 Å². The summed E-state index contributed by atoms with van der Waals surface area (Å²) < 4.78 is 0. The van der Waals surface area contributed by atoms with Gasteiger partial charge in [0, 0.05) is 12.6 Å². The van der Waals surface area contributed by atoms with Crippen LogP contribution in [0.1, 0.15) is 39.0 Å². The van der Waals surface area contributed by atoms with Gasteiger partial charge < -0.3 is 21.1 Å². The predicted octanol–water partition coefficient (Wildman–Crippen LogP) is 0.289. The molecule has 0 heterocycles. The van der Waals surface area contributed by atoms with Gasteiger partial charge in [0.05, 0.1) is 6.42 Å². The molecule has 19 heavy (non-hydrogen) atoms. The Bertz CT molecular complexity index is 355. The van der Waals surface area contributed by atoms with Gasteiger partial charge in [0.25, 0.3) is 0 Å². The molecular weight excluding hydrogens is 250 g/mol. The van der Waals surface area contributed by atoms with Crippen LogP contribution in [0.25, 0.3) is 0 Å². The van der Waals surface area contributed by atoms with Crippen molar-refractivity contribution in [1.82, 2.24) is 10.2 Å². The molecule has 0 aliphatic heterocycles. The molecule has 0 saturated heterocycles. The van der Waals surface area contributed by atoms with Gasteiger partial charge in [-0.15, -0.1) is 0 Å². The average molecular weight is 271 g/mol. The molecule has 108 valence electrons. The van der Waals surface area contributed by atoms with E-state index in [0.29, 0.717) is 6.54 Å². The van der Waals surface area contributed by atoms with Crippen molar-refractivity contribution in [3.63, 3.8) is 0 Å². The summed E-state index contributed by atoms with van der Waals surface area (Å²) in [5, 5.41) is 11.3. The van der Waals surface area contributed by atoms with Gasteiger partial charge in [-0.3, -0.25) is 4.79 Å². The van der Waals surface area contributed by atoms with Crippen LogP contribution in [0, 0.1) is 0 Å². The van der Waals surface area contributed by atoms with E-state index < -0.39 is 30.4 Å². The van der Waals surface area contributed by atoms with E-state index in [1.54, 1.807) is 4.90 Å². The topological polar surface area (TPSA) is 113 Å². The largest absolute Gasteiger partial charge is 0.480 e. The number of urea groups is 1. The van der Waals surface area contributed by atoms with E-state index in [1.165, 1.54) is 0 Å². The minimum Gasteiger partial charge on any atom is -0.480 e. The molecule has 0 aromatic heterocycles. The van der Waals surface area contributed by atoms with E-state index in [0.717, 1.165) is 25.7 Å². The van der Waals surface area contributed by atoms with Crippen molar-refractivity contribution in [2.45, 2.75) is 51.1 Å². The molecular formula is C12H21N3O4. The van der Waals surface area contributed by atoms with Crippen LogP contribution >= 0.6 is 0 Å². The fraction of sp³-hybridized carbons (Fsp3) is 0.750. The molecule has 1 saturated carbocycles. The summed E-state index contributed by atoms with van der Waals surface area (Å²) in [6.45, 7) is 2.63. The first-order chi connectivity index (χ1) is 8.95. The van der Waals surface area contributed by atoms with Crippen molar-refractivity contribution < 1.29 is 19.5 Å². The van der Waals surface area contributed by atoms with Crippen LogP contribution < -0.4 is 11.1 Å². The second-order valence-corrected chi connectivity index (χ2v) is 4.79. The van der Waals surface area contributed by atoms with Gasteiger partial charge in [0.1, 0.15) is 6.04 Å². The number of hydrogen-bond donors (Lipinski definition) is 3. The number of aliphatic carboxylic acids is 1. The average Bonchev–Trinajstić information content (AvgIpc) is 3.12. The van der Waals surface area contributed by atoms with Crippen LogP contribution in [0.15, 0.2) is 0 Å². The van der Waals surface area contributed by atoms with E-state index >= 15 is 0 Å². The lowest BCUT2D eigenvalue weighted by Crippen LogP contribution is -2.50. The number of rotatable bonds is 8. The van der Waals surface area contributed by atoms with E-state index in [2.05, 4.69) is 5.32 Å². The molecule has 1 rings (SSSR count). The SMILES string of the molecule is CCCCN(C(=O)NC(CC(N)=O)C(=O)O)C1CC1. The smallest absolute Gasteiger partial charge is 0.326 e. The van der Waals surface area contributed by atoms with Crippen LogP contribution in [0.3, 0.4) is 0 Å². The Balaban J connectivity index is 2.57. The molecule has 1 atom stereocenters. The maximum atomic E-state index is 12.0. The van der Waals surface area contributed by atoms with Crippen molar-refractivity contribution >= 4 is 17.9 Å². The molecule has 7 heteroatoms. The minimum atomic E-state index is -1.26. The van der Waals surface area contributed by atoms with E-state index in [9.17, 15) is 14.4 Å². The third-order valence-corrected chi connectivity index (χ3v) is 3.00. The number of carboxylic acid groups (broad SMARTS) is 1. The fourth-order valence-corrected chi connectivity index (χ4v) is 1.80. The Morgan fingerprint density at radius 3 is 2.47 bits per heavy atom. The summed E-state index contributed by atoms with van der Waals surface area (Å²) in [6, 6.07) is -1.48. The lowest BCUT2D eigenvalue weighted by atomic mass is 10.2. The highest BCUT2D eigenvalue weighted by Gasteiger charge is 2.34. The number of primary amides is 1. The Kier molecular flexibility index (Phi) is 5.59. The van der Waals surface area contributed by atoms with Gasteiger partial charge in [0.2, 0.25) is 5.91 Å². The molecule has 4 N–H and O–H groups in total. The predicted molar refractivity (Wildman–Crippen MR) is 68.4 cm³/mol. The second kappa shape index (κ2) is 6.96. The number of nitrogens with two attached hydrogens (primary N) is 1. The van der Waals surface area contributed by atoms with Crippen LogP contribution in [0.2, 0.25) is 0 Å². The summed E-state index contributed by atoms with van der Waals surface area (Å²) in [6.07, 6.45) is 3.33. The third-order valence-electron chi connectivity index (χ3n) is 3.00. The van der Waals surface area contributed by atoms with Crippen molar-refractivity contribution in [3.05, 3.63) is 0 Å². The van der Waals surface area contributed by atoms with Crippen molar-refractivity contribution in [2.75, 3.05) is 6.54 Å². The van der Waals surface area contributed by atoms with Gasteiger partial charge in [-0.05, 0) is 19.3 Å². The van der Waals surface area contributed by atoms with Crippen molar-refractivity contribution in [1.29, 1.82) is 0 Å². The van der Waals surface area contributed by atoms with Crippen molar-refractivity contribution in [2.24, 2.45) is 5.73 Å². The summed E-state index contributed by atoms with van der Waals surface area (Å²) in [7, 11) is 0. The first-order valence-corrected chi connectivity index (χ1v) is 6.54. The monoisotopic (exact) mass is 271 g/mol. The fourth-order valence-electron chi connectivity index (χ4n) is 1.80. The summed E-state index contributed by atoms with van der Waals surface area (Å²) in [5.41, 5.74) is 4.97. The molecule has 0 aromatic carbocycles. The second-order valence-electron chi connectivity index (χ2n) is 4.79. The van der Waals surface area contributed by atoms with Crippen LogP contribution in [-0.2, 0) is 9.59 Å². The molecule has 1 fully saturated rings. The number of carboxylic acids is 1. The number of nitrogens with zero attached hydrogens (tertiary/aromatic N) is 1. The third kappa shape index (κ3) is 5.15. The lowest BCUT2D eigenvalue weighted by Gasteiger charge is -2.24. The Labute approximate surface area is 112 Å². The number of carbonyl (C=O) groups excluding carboxylic acids is 2. The molecule has 7 nitrogen and oxygen atoms in total. The van der Waals surface area contributed by atoms with Crippen LogP contribution in [0.5, 0.6) is 0 Å². The standard InChI is InChI=1S/C12H21N3O4/c1-2-3-6-15(8-4-5-8)12(19)14-9(11(17)18)7-10(13)16/h8-9H,2-7H2,1H3,(H2,13,16)(H,14,19)(H,17,18). The maximum Gasteiger partial charge on any atom is 0.326 e. The highest BCUT2D eigenvalue weighted by Crippen LogP contribution is 2.27. The number of carbonyl (C=O) groups is 3. The van der Waals surface area contributed by atoms with Crippen LogP contribution in [0.4, 0.5) is 4.79 Å². The zero-order chi connectivity index (χ0) is 14.4. The highest BCUT2D eigenvalue weighted by atomic mass is 16.4. The molecule has 1 aliphatic carbocycles. The lowest BCUT2D eigenvalue weighted by molar-refractivity contribution is -0.141. The minimum absolute atomic E-state index is 0.203.